The summed E-state index contributed by atoms with van der Waals surface area (Å²) >= 11 is 0. The number of piperidine rings is 1. The Morgan fingerprint density at radius 2 is 2.23 bits per heavy atom. The van der Waals surface area contributed by atoms with Crippen LogP contribution in [0.15, 0.2) is 0 Å². The monoisotopic (exact) mass is 187 g/mol. The molecule has 0 unspecified atom stereocenters. The van der Waals surface area contributed by atoms with E-state index in [0.29, 0.717) is 0 Å². The summed E-state index contributed by atoms with van der Waals surface area (Å²) < 4.78 is 0. The van der Waals surface area contributed by atoms with E-state index in [0.717, 1.165) is 32.4 Å². The standard InChI is InChI=1S/C10H21NO2/c1-2-3-6-11-7-4-5-10(13)9(11)8-12/h9-10,12-13H,2-8H2,1H3/t9-,10-/m1/s1. The van der Waals surface area contributed by atoms with Crippen molar-refractivity contribution < 1.29 is 10.2 Å². The highest BCUT2D eigenvalue weighted by Crippen LogP contribution is 2.17. The van der Waals surface area contributed by atoms with E-state index in [1.54, 1.807) is 0 Å². The average Bonchev–Trinajstić information content (AvgIpc) is 2.15. The highest BCUT2D eigenvalue weighted by molar-refractivity contribution is 4.83. The molecule has 1 rings (SSSR count). The van der Waals surface area contributed by atoms with Crippen LogP contribution in [0, 0.1) is 0 Å². The number of rotatable bonds is 4. The van der Waals surface area contributed by atoms with E-state index in [-0.39, 0.29) is 18.8 Å². The van der Waals surface area contributed by atoms with E-state index in [2.05, 4.69) is 11.8 Å². The molecule has 0 saturated carbocycles. The molecule has 1 aliphatic rings. The molecule has 3 heteroatoms. The van der Waals surface area contributed by atoms with Crippen LogP contribution < -0.4 is 0 Å². The van der Waals surface area contributed by atoms with Gasteiger partial charge in [-0.1, -0.05) is 13.3 Å². The molecule has 0 aromatic carbocycles. The van der Waals surface area contributed by atoms with Crippen molar-refractivity contribution in [3.63, 3.8) is 0 Å². The molecule has 1 heterocycles. The van der Waals surface area contributed by atoms with Crippen molar-refractivity contribution in [3.05, 3.63) is 0 Å². The normalized spacial score (nSPS) is 30.7. The molecule has 0 bridgehead atoms. The van der Waals surface area contributed by atoms with Crippen LogP contribution in [-0.4, -0.2) is 47.0 Å². The van der Waals surface area contributed by atoms with Crippen LogP contribution in [0.2, 0.25) is 0 Å². The molecular weight excluding hydrogens is 166 g/mol. The van der Waals surface area contributed by atoms with Crippen molar-refractivity contribution in [3.8, 4) is 0 Å². The predicted molar refractivity (Wildman–Crippen MR) is 52.6 cm³/mol. The summed E-state index contributed by atoms with van der Waals surface area (Å²) in [5.41, 5.74) is 0. The van der Waals surface area contributed by atoms with E-state index in [1.165, 1.54) is 6.42 Å². The number of aliphatic hydroxyl groups is 2. The van der Waals surface area contributed by atoms with Crippen LogP contribution in [0.3, 0.4) is 0 Å². The zero-order valence-corrected chi connectivity index (χ0v) is 8.45. The number of aliphatic hydroxyl groups excluding tert-OH is 2. The summed E-state index contributed by atoms with van der Waals surface area (Å²) in [6, 6.07) is -0.0136. The number of hydrogen-bond acceptors (Lipinski definition) is 3. The van der Waals surface area contributed by atoms with Gasteiger partial charge in [-0.15, -0.1) is 0 Å². The molecule has 2 N–H and O–H groups in total. The minimum Gasteiger partial charge on any atom is -0.395 e. The lowest BCUT2D eigenvalue weighted by Crippen LogP contribution is -2.50. The van der Waals surface area contributed by atoms with Gasteiger partial charge in [0.2, 0.25) is 0 Å². The van der Waals surface area contributed by atoms with Crippen molar-refractivity contribution in [2.24, 2.45) is 0 Å². The van der Waals surface area contributed by atoms with Crippen molar-refractivity contribution >= 4 is 0 Å². The van der Waals surface area contributed by atoms with Crippen molar-refractivity contribution in [2.45, 2.75) is 44.8 Å². The maximum absolute atomic E-state index is 9.64. The first-order valence-electron chi connectivity index (χ1n) is 5.32. The molecule has 1 aliphatic heterocycles. The topological polar surface area (TPSA) is 43.7 Å². The van der Waals surface area contributed by atoms with Crippen LogP contribution >= 0.6 is 0 Å². The van der Waals surface area contributed by atoms with Crippen LogP contribution in [-0.2, 0) is 0 Å². The molecule has 0 aliphatic carbocycles. The second kappa shape index (κ2) is 5.58. The van der Waals surface area contributed by atoms with Gasteiger partial charge in [0.1, 0.15) is 0 Å². The third-order valence-electron chi connectivity index (χ3n) is 2.84. The molecule has 0 aromatic heterocycles. The number of unbranched alkanes of at least 4 members (excludes halogenated alkanes) is 1. The lowest BCUT2D eigenvalue weighted by atomic mass is 9.99. The van der Waals surface area contributed by atoms with E-state index in [1.807, 2.05) is 0 Å². The maximum Gasteiger partial charge on any atom is 0.0718 e. The van der Waals surface area contributed by atoms with E-state index < -0.39 is 0 Å². The van der Waals surface area contributed by atoms with Gasteiger partial charge < -0.3 is 10.2 Å². The summed E-state index contributed by atoms with van der Waals surface area (Å²) in [7, 11) is 0. The highest BCUT2D eigenvalue weighted by Gasteiger charge is 2.28. The van der Waals surface area contributed by atoms with E-state index >= 15 is 0 Å². The number of hydrogen-bond donors (Lipinski definition) is 2. The first kappa shape index (κ1) is 11.0. The second-order valence-corrected chi connectivity index (χ2v) is 3.85. The van der Waals surface area contributed by atoms with Crippen molar-refractivity contribution in [1.29, 1.82) is 0 Å². The third-order valence-corrected chi connectivity index (χ3v) is 2.84. The molecule has 3 nitrogen and oxygen atoms in total. The molecule has 1 fully saturated rings. The van der Waals surface area contributed by atoms with E-state index in [9.17, 15) is 5.11 Å². The summed E-state index contributed by atoms with van der Waals surface area (Å²) in [4.78, 5) is 2.22. The lowest BCUT2D eigenvalue weighted by Gasteiger charge is -2.37. The van der Waals surface area contributed by atoms with Crippen molar-refractivity contribution in [1.82, 2.24) is 4.90 Å². The Hall–Kier alpha value is -0.120. The largest absolute Gasteiger partial charge is 0.395 e. The lowest BCUT2D eigenvalue weighted by molar-refractivity contribution is -0.0161. The molecule has 0 aromatic rings. The smallest absolute Gasteiger partial charge is 0.0718 e. The highest BCUT2D eigenvalue weighted by atomic mass is 16.3. The van der Waals surface area contributed by atoms with Crippen LogP contribution in [0.5, 0.6) is 0 Å². The molecule has 1 saturated heterocycles. The predicted octanol–water partition coefficient (Wildman–Crippen LogP) is 0.604. The Kier molecular flexibility index (Phi) is 4.70. The quantitative estimate of drug-likeness (QED) is 0.677. The number of likely N-dealkylation sites (tertiary alicyclic amines) is 1. The average molecular weight is 187 g/mol. The summed E-state index contributed by atoms with van der Waals surface area (Å²) in [5.74, 6) is 0. The molecule has 13 heavy (non-hydrogen) atoms. The Morgan fingerprint density at radius 1 is 1.46 bits per heavy atom. The second-order valence-electron chi connectivity index (χ2n) is 3.85. The van der Waals surface area contributed by atoms with Gasteiger partial charge in [-0.25, -0.2) is 0 Å². The van der Waals surface area contributed by atoms with E-state index in [4.69, 9.17) is 5.11 Å². The fraction of sp³-hybridized carbons (Fsp3) is 1.00. The van der Waals surface area contributed by atoms with Gasteiger partial charge in [0.05, 0.1) is 18.8 Å². The van der Waals surface area contributed by atoms with Gasteiger partial charge in [0.25, 0.3) is 0 Å². The Balaban J connectivity index is 2.39. The Labute approximate surface area is 80.4 Å². The summed E-state index contributed by atoms with van der Waals surface area (Å²) in [6.07, 6.45) is 3.90. The van der Waals surface area contributed by atoms with Gasteiger partial charge in [0.15, 0.2) is 0 Å². The van der Waals surface area contributed by atoms with Crippen LogP contribution in [0.4, 0.5) is 0 Å². The summed E-state index contributed by atoms with van der Waals surface area (Å²) in [6.45, 7) is 4.29. The maximum atomic E-state index is 9.64. The molecule has 78 valence electrons. The Morgan fingerprint density at radius 3 is 2.85 bits per heavy atom. The van der Waals surface area contributed by atoms with Gasteiger partial charge in [-0.05, 0) is 32.4 Å². The van der Waals surface area contributed by atoms with Gasteiger partial charge >= 0.3 is 0 Å². The third kappa shape index (κ3) is 2.93. The van der Waals surface area contributed by atoms with Gasteiger partial charge in [-0.2, -0.15) is 0 Å². The van der Waals surface area contributed by atoms with Crippen molar-refractivity contribution in [2.75, 3.05) is 19.7 Å². The fourth-order valence-electron chi connectivity index (χ4n) is 1.98. The Bertz CT molecular complexity index is 141. The van der Waals surface area contributed by atoms with Gasteiger partial charge in [0, 0.05) is 0 Å². The zero-order chi connectivity index (χ0) is 9.68. The first-order valence-corrected chi connectivity index (χ1v) is 5.32. The zero-order valence-electron chi connectivity index (χ0n) is 8.45. The molecule has 0 amide bonds. The molecule has 0 radical (unpaired) electrons. The summed E-state index contributed by atoms with van der Waals surface area (Å²) in [5, 5.41) is 18.8. The minimum atomic E-state index is -0.324. The fourth-order valence-corrected chi connectivity index (χ4v) is 1.98. The first-order chi connectivity index (χ1) is 6.29. The van der Waals surface area contributed by atoms with Crippen LogP contribution in [0.25, 0.3) is 0 Å². The van der Waals surface area contributed by atoms with Crippen LogP contribution in [0.1, 0.15) is 32.6 Å². The molecule has 2 atom stereocenters. The SMILES string of the molecule is CCCCN1CCC[C@@H](O)[C@H]1CO. The molecule has 0 spiro atoms. The van der Waals surface area contributed by atoms with Gasteiger partial charge in [-0.3, -0.25) is 4.90 Å². The molecular formula is C10H21NO2. The number of nitrogens with zero attached hydrogens (tertiary/aromatic N) is 1. The minimum absolute atomic E-state index is 0.0136.